The molecule has 0 saturated heterocycles. The molecule has 240 valence electrons. The topological polar surface area (TPSA) is 51.8 Å². The number of benzene rings is 6. The Morgan fingerprint density at radius 3 is 1.80 bits per heavy atom. The van der Waals surface area contributed by atoms with E-state index in [-0.39, 0.29) is 12.0 Å². The highest BCUT2D eigenvalue weighted by Gasteiger charge is 2.39. The van der Waals surface area contributed by atoms with Gasteiger partial charge >= 0.3 is 0 Å². The third kappa shape index (κ3) is 4.07. The van der Waals surface area contributed by atoms with Gasteiger partial charge in [-0.05, 0) is 35.9 Å². The van der Waals surface area contributed by atoms with E-state index in [4.69, 9.17) is 15.0 Å². The van der Waals surface area contributed by atoms with Crippen molar-refractivity contribution in [1.82, 2.24) is 24.1 Å². The number of rotatable bonds is 4. The Morgan fingerprint density at radius 2 is 1.04 bits per heavy atom. The largest absolute Gasteiger partial charge is 0.307 e. The van der Waals surface area contributed by atoms with Crippen molar-refractivity contribution in [3.8, 4) is 23.0 Å². The van der Waals surface area contributed by atoms with Crippen molar-refractivity contribution >= 4 is 55.2 Å². The van der Waals surface area contributed by atoms with Gasteiger partial charge in [0.1, 0.15) is 0 Å². The second-order valence-electron chi connectivity index (χ2n) is 13.2. The maximum absolute atomic E-state index is 5.44. The van der Waals surface area contributed by atoms with Crippen LogP contribution in [-0.2, 0) is 0 Å². The van der Waals surface area contributed by atoms with Crippen molar-refractivity contribution in [3.05, 3.63) is 175 Å². The van der Waals surface area contributed by atoms with Gasteiger partial charge < -0.3 is 9.47 Å². The lowest BCUT2D eigenvalue weighted by molar-refractivity contribution is 0.725. The molecule has 0 radical (unpaired) electrons. The minimum Gasteiger partial charge on any atom is -0.307 e. The van der Waals surface area contributed by atoms with Crippen molar-refractivity contribution in [2.24, 2.45) is 0 Å². The fourth-order valence-electron chi connectivity index (χ4n) is 8.35. The van der Waals surface area contributed by atoms with Gasteiger partial charge in [-0.2, -0.15) is 15.0 Å². The first-order valence-electron chi connectivity index (χ1n) is 17.4. The summed E-state index contributed by atoms with van der Waals surface area (Å²) in [5, 5.41) is 4.68. The number of fused-ring (bicyclic) bond motifs is 10. The highest BCUT2D eigenvalue weighted by Crippen LogP contribution is 2.47. The van der Waals surface area contributed by atoms with Gasteiger partial charge in [0.15, 0.2) is 5.82 Å². The van der Waals surface area contributed by atoms with Gasteiger partial charge in [-0.1, -0.05) is 140 Å². The van der Waals surface area contributed by atoms with E-state index in [1.807, 2.05) is 18.2 Å². The molecule has 51 heavy (non-hydrogen) atoms. The molecule has 1 aliphatic carbocycles. The van der Waals surface area contributed by atoms with Crippen LogP contribution in [0.5, 0.6) is 0 Å². The van der Waals surface area contributed by atoms with Gasteiger partial charge in [0.05, 0.1) is 28.1 Å². The zero-order valence-electron chi connectivity index (χ0n) is 27.5. The van der Waals surface area contributed by atoms with Crippen LogP contribution in [0.1, 0.15) is 11.5 Å². The Hall–Kier alpha value is -6.79. The molecular weight excluding hydrogens is 625 g/mol. The Balaban J connectivity index is 1.28. The lowest BCUT2D eigenvalue weighted by atomic mass is 9.92. The highest BCUT2D eigenvalue weighted by atomic mass is 15.3. The Labute approximate surface area is 293 Å². The van der Waals surface area contributed by atoms with Crippen molar-refractivity contribution in [2.45, 2.75) is 12.0 Å². The van der Waals surface area contributed by atoms with Crippen LogP contribution in [0.15, 0.2) is 170 Å². The van der Waals surface area contributed by atoms with Crippen LogP contribution in [0, 0.1) is 0 Å². The molecule has 6 nitrogen and oxygen atoms in total. The van der Waals surface area contributed by atoms with E-state index in [2.05, 4.69) is 166 Å². The van der Waals surface area contributed by atoms with Crippen LogP contribution in [0.4, 0.5) is 11.6 Å². The summed E-state index contributed by atoms with van der Waals surface area (Å²) in [6.45, 7) is 0. The number of anilines is 2. The van der Waals surface area contributed by atoms with Crippen LogP contribution in [0.25, 0.3) is 66.6 Å². The molecule has 0 N–H and O–H groups in total. The molecule has 1 aliphatic heterocycles. The zero-order valence-corrected chi connectivity index (χ0v) is 27.5. The molecule has 2 atom stereocenters. The van der Waals surface area contributed by atoms with Crippen molar-refractivity contribution < 1.29 is 0 Å². The van der Waals surface area contributed by atoms with E-state index in [1.54, 1.807) is 0 Å². The highest BCUT2D eigenvalue weighted by molar-refractivity contribution is 6.23. The van der Waals surface area contributed by atoms with Gasteiger partial charge in [-0.15, -0.1) is 0 Å². The molecular formula is C45H30N6. The van der Waals surface area contributed by atoms with Gasteiger partial charge in [0, 0.05) is 44.4 Å². The monoisotopic (exact) mass is 654 g/mol. The first kappa shape index (κ1) is 28.1. The smallest absolute Gasteiger partial charge is 0.240 e. The summed E-state index contributed by atoms with van der Waals surface area (Å²) in [6.07, 6.45) is 8.83. The summed E-state index contributed by atoms with van der Waals surface area (Å²) >= 11 is 0. The van der Waals surface area contributed by atoms with Crippen LogP contribution in [0.3, 0.4) is 0 Å². The molecule has 0 fully saturated rings. The van der Waals surface area contributed by atoms with Gasteiger partial charge in [-0.25, -0.2) is 0 Å². The van der Waals surface area contributed by atoms with Crippen LogP contribution >= 0.6 is 0 Å². The molecule has 0 spiro atoms. The second kappa shape index (κ2) is 10.9. The molecule has 3 aromatic heterocycles. The van der Waals surface area contributed by atoms with Gasteiger partial charge in [-0.3, -0.25) is 4.57 Å². The van der Waals surface area contributed by atoms with E-state index in [1.165, 1.54) is 16.3 Å². The molecule has 9 aromatic rings. The van der Waals surface area contributed by atoms with Crippen LogP contribution < -0.4 is 4.90 Å². The molecule has 0 amide bonds. The fourth-order valence-corrected chi connectivity index (χ4v) is 8.35. The number of hydrogen-bond acceptors (Lipinski definition) is 4. The van der Waals surface area contributed by atoms with E-state index < -0.39 is 0 Å². The zero-order chi connectivity index (χ0) is 33.5. The number of nitrogens with zero attached hydrogens (tertiary/aromatic N) is 6. The first-order valence-corrected chi connectivity index (χ1v) is 17.4. The summed E-state index contributed by atoms with van der Waals surface area (Å²) in [6, 6.07) is 51.4. The average molecular weight is 655 g/mol. The van der Waals surface area contributed by atoms with Gasteiger partial charge in [0.2, 0.25) is 11.9 Å². The molecule has 0 bridgehead atoms. The predicted molar refractivity (Wildman–Crippen MR) is 207 cm³/mol. The maximum atomic E-state index is 5.44. The summed E-state index contributed by atoms with van der Waals surface area (Å²) in [5.74, 6) is 2.05. The predicted octanol–water partition coefficient (Wildman–Crippen LogP) is 10.5. The minimum atomic E-state index is 0.0525. The van der Waals surface area contributed by atoms with E-state index in [0.29, 0.717) is 17.7 Å². The maximum Gasteiger partial charge on any atom is 0.240 e. The number of aromatic nitrogens is 5. The number of allylic oxidation sites excluding steroid dienone is 2. The van der Waals surface area contributed by atoms with Crippen LogP contribution in [-0.4, -0.2) is 30.1 Å². The number of hydrogen-bond donors (Lipinski definition) is 0. The normalized spacial score (nSPS) is 16.4. The van der Waals surface area contributed by atoms with Crippen LogP contribution in [0.2, 0.25) is 0 Å². The summed E-state index contributed by atoms with van der Waals surface area (Å²) in [5.41, 5.74) is 8.81. The van der Waals surface area contributed by atoms with Crippen molar-refractivity contribution in [1.29, 1.82) is 0 Å². The first-order chi connectivity index (χ1) is 25.3. The molecule has 11 rings (SSSR count). The molecule has 6 aromatic carbocycles. The van der Waals surface area contributed by atoms with E-state index >= 15 is 0 Å². The van der Waals surface area contributed by atoms with Crippen molar-refractivity contribution in [2.75, 3.05) is 4.90 Å². The summed E-state index contributed by atoms with van der Waals surface area (Å²) < 4.78 is 4.65. The second-order valence-corrected chi connectivity index (χ2v) is 13.2. The minimum absolute atomic E-state index is 0.0525. The molecule has 2 aliphatic rings. The molecule has 2 unspecified atom stereocenters. The molecule has 6 heteroatoms. The SMILES string of the molecule is C1=CC2c3ccccc3N(c3nc(-c4ccccc4)nc(-n4c5ccccc5c5ccc6c7ccccc7n(-c7ccccc7)c6c54)n3)C2C=C1. The average Bonchev–Trinajstić information content (AvgIpc) is 3.84. The third-order valence-corrected chi connectivity index (χ3v) is 10.5. The van der Waals surface area contributed by atoms with E-state index in [0.717, 1.165) is 49.8 Å². The molecule has 0 saturated carbocycles. The fraction of sp³-hybridized carbons (Fsp3) is 0.0444. The van der Waals surface area contributed by atoms with Crippen molar-refractivity contribution in [3.63, 3.8) is 0 Å². The lowest BCUT2D eigenvalue weighted by Gasteiger charge is -2.27. The summed E-state index contributed by atoms with van der Waals surface area (Å²) in [7, 11) is 0. The quantitative estimate of drug-likeness (QED) is 0.190. The summed E-state index contributed by atoms with van der Waals surface area (Å²) in [4.78, 5) is 18.3. The van der Waals surface area contributed by atoms with Gasteiger partial charge in [0.25, 0.3) is 0 Å². The number of para-hydroxylation sites is 4. The molecule has 4 heterocycles. The Bertz CT molecular complexity index is 2880. The van der Waals surface area contributed by atoms with E-state index in [9.17, 15) is 0 Å². The lowest BCUT2D eigenvalue weighted by Crippen LogP contribution is -2.30. The third-order valence-electron chi connectivity index (χ3n) is 10.5. The Morgan fingerprint density at radius 1 is 0.451 bits per heavy atom. The Kier molecular flexibility index (Phi) is 5.98. The standard InChI is InChI=1S/C45H30N6/c1-3-15-29(16-4-1)43-46-44(50-38-24-12-7-19-31(38)32-20-8-13-25-39(32)50)48-45(47-43)51-40-26-14-10-22-34(40)36-28-27-35-33-21-9-11-23-37(33)49(41(35)42(36)51)30-17-5-2-6-18-30/h1-28,31,38H.